The number of aliphatic hydroxyl groups excluding tert-OH is 1. The van der Waals surface area contributed by atoms with E-state index in [4.69, 9.17) is 23.7 Å². The van der Waals surface area contributed by atoms with Gasteiger partial charge in [0.1, 0.15) is 5.75 Å². The summed E-state index contributed by atoms with van der Waals surface area (Å²) in [6.07, 6.45) is -1.80. The molecule has 0 aromatic heterocycles. The SMILES string of the molecule is COc1ccc(S(=O)(=O)N(CC(C)C)C[C@@H](O)[C@H](Cc2ccccc2)NC(=O)O[C@@H]2C[C@H]3[C@@H](O2)O[C@@H]2CCO[C@H]32)cc1. The highest BCUT2D eigenvalue weighted by molar-refractivity contribution is 7.89. The quantitative estimate of drug-likeness (QED) is 0.375. The predicted molar refractivity (Wildman–Crippen MR) is 152 cm³/mol. The number of alkyl carbamates (subject to hydrolysis) is 1. The van der Waals surface area contributed by atoms with Crippen molar-refractivity contribution in [3.63, 3.8) is 0 Å². The highest BCUT2D eigenvalue weighted by atomic mass is 32.2. The summed E-state index contributed by atoms with van der Waals surface area (Å²) in [6, 6.07) is 14.6. The Kier molecular flexibility index (Phi) is 9.70. The first-order chi connectivity index (χ1) is 20.1. The van der Waals surface area contributed by atoms with Crippen LogP contribution in [0.25, 0.3) is 0 Å². The van der Waals surface area contributed by atoms with Crippen molar-refractivity contribution in [2.75, 3.05) is 26.8 Å². The number of methoxy groups -OCH3 is 1. The molecule has 11 nitrogen and oxygen atoms in total. The van der Waals surface area contributed by atoms with Crippen molar-refractivity contribution in [1.82, 2.24) is 9.62 Å². The molecule has 2 N–H and O–H groups in total. The number of aliphatic hydroxyl groups is 1. The van der Waals surface area contributed by atoms with Crippen LogP contribution in [0, 0.1) is 11.8 Å². The average Bonchev–Trinajstić information content (AvgIpc) is 3.65. The highest BCUT2D eigenvalue weighted by Gasteiger charge is 2.54. The second-order valence-corrected chi connectivity index (χ2v) is 13.4. The molecule has 7 atom stereocenters. The Morgan fingerprint density at radius 1 is 1.10 bits per heavy atom. The first-order valence-corrected chi connectivity index (χ1v) is 15.8. The van der Waals surface area contributed by atoms with Crippen molar-refractivity contribution >= 4 is 16.1 Å². The van der Waals surface area contributed by atoms with Crippen LogP contribution in [0.1, 0.15) is 32.3 Å². The molecule has 2 aromatic carbocycles. The third kappa shape index (κ3) is 7.07. The molecule has 12 heteroatoms. The number of nitrogens with zero attached hydrogens (tertiary/aromatic N) is 1. The van der Waals surface area contributed by atoms with Crippen LogP contribution in [0.15, 0.2) is 59.5 Å². The van der Waals surface area contributed by atoms with Gasteiger partial charge >= 0.3 is 6.09 Å². The third-order valence-corrected chi connectivity index (χ3v) is 9.72. The minimum Gasteiger partial charge on any atom is -0.497 e. The molecule has 0 unspecified atom stereocenters. The van der Waals surface area contributed by atoms with Crippen molar-refractivity contribution in [3.8, 4) is 5.75 Å². The number of amides is 1. The molecule has 0 saturated carbocycles. The largest absolute Gasteiger partial charge is 0.497 e. The maximum Gasteiger partial charge on any atom is 0.409 e. The number of rotatable bonds is 12. The highest BCUT2D eigenvalue weighted by Crippen LogP contribution is 2.43. The number of carbonyl (C=O) groups is 1. The molecule has 230 valence electrons. The van der Waals surface area contributed by atoms with Crippen LogP contribution in [0.3, 0.4) is 0 Å². The summed E-state index contributed by atoms with van der Waals surface area (Å²) in [5, 5.41) is 14.2. The molecular formula is C30H40N2O9S. The van der Waals surface area contributed by atoms with Crippen molar-refractivity contribution < 1.29 is 42.0 Å². The Bertz CT molecular complexity index is 1290. The molecule has 3 aliphatic heterocycles. The molecule has 0 radical (unpaired) electrons. The van der Waals surface area contributed by atoms with Crippen LogP contribution in [-0.2, 0) is 35.4 Å². The number of nitrogens with one attached hydrogen (secondary N) is 1. The van der Waals surface area contributed by atoms with E-state index >= 15 is 0 Å². The number of hydrogen-bond donors (Lipinski definition) is 2. The van der Waals surface area contributed by atoms with E-state index in [2.05, 4.69) is 5.32 Å². The molecule has 0 spiro atoms. The number of benzene rings is 2. The zero-order valence-corrected chi connectivity index (χ0v) is 24.9. The zero-order chi connectivity index (χ0) is 29.9. The second kappa shape index (κ2) is 13.3. The maximum atomic E-state index is 13.6. The van der Waals surface area contributed by atoms with Crippen molar-refractivity contribution in [3.05, 3.63) is 60.2 Å². The Hall–Kier alpha value is -2.74. The summed E-state index contributed by atoms with van der Waals surface area (Å²) in [6.45, 7) is 4.39. The molecule has 3 saturated heterocycles. The van der Waals surface area contributed by atoms with E-state index in [-0.39, 0.29) is 48.4 Å². The molecule has 0 bridgehead atoms. The maximum absolute atomic E-state index is 13.6. The van der Waals surface area contributed by atoms with E-state index in [1.165, 1.54) is 23.5 Å². The monoisotopic (exact) mass is 604 g/mol. The van der Waals surface area contributed by atoms with Crippen LogP contribution < -0.4 is 10.1 Å². The van der Waals surface area contributed by atoms with E-state index in [0.717, 1.165) is 12.0 Å². The molecule has 3 heterocycles. The minimum atomic E-state index is -3.96. The Morgan fingerprint density at radius 2 is 1.83 bits per heavy atom. The van der Waals surface area contributed by atoms with E-state index < -0.39 is 40.8 Å². The van der Waals surface area contributed by atoms with E-state index in [1.54, 1.807) is 12.1 Å². The Balaban J connectivity index is 1.28. The molecule has 3 aliphatic rings. The van der Waals surface area contributed by atoms with Crippen molar-refractivity contribution in [1.29, 1.82) is 0 Å². The fraction of sp³-hybridized carbons (Fsp3) is 0.567. The second-order valence-electron chi connectivity index (χ2n) is 11.4. The van der Waals surface area contributed by atoms with Gasteiger partial charge in [-0.3, -0.25) is 0 Å². The predicted octanol–water partition coefficient (Wildman–Crippen LogP) is 2.92. The van der Waals surface area contributed by atoms with Gasteiger partial charge in [-0.05, 0) is 48.6 Å². The standard InChI is InChI=1S/C30H40N2O9S/c1-19(2)17-32(42(35,36)22-11-9-21(37-3)10-12-22)18-25(33)24(15-20-7-5-4-6-8-20)31-30(34)41-27-16-23-28-26(13-14-38-28)39-29(23)40-27/h4-12,19,23-29,33H,13-18H2,1-3H3,(H,31,34)/t23-,24+,25-,26-,27-,28-,29-/m1/s1. The van der Waals surface area contributed by atoms with Gasteiger partial charge in [-0.25, -0.2) is 13.2 Å². The average molecular weight is 605 g/mol. The van der Waals surface area contributed by atoms with Crippen LogP contribution in [0.2, 0.25) is 0 Å². The smallest absolute Gasteiger partial charge is 0.409 e. The van der Waals surface area contributed by atoms with E-state index in [1.807, 2.05) is 44.2 Å². The number of fused-ring (bicyclic) bond motifs is 3. The number of sulfonamides is 1. The summed E-state index contributed by atoms with van der Waals surface area (Å²) in [4.78, 5) is 13.1. The lowest BCUT2D eigenvalue weighted by Gasteiger charge is -2.30. The van der Waals surface area contributed by atoms with Crippen molar-refractivity contribution in [2.45, 2.75) is 74.9 Å². The Labute approximate surface area is 247 Å². The minimum absolute atomic E-state index is 0.00578. The lowest BCUT2D eigenvalue weighted by atomic mass is 9.99. The van der Waals surface area contributed by atoms with E-state index in [9.17, 15) is 18.3 Å². The summed E-state index contributed by atoms with van der Waals surface area (Å²) in [7, 11) is -2.45. The zero-order valence-electron chi connectivity index (χ0n) is 24.1. The molecule has 2 aromatic rings. The molecule has 0 aliphatic carbocycles. The first-order valence-electron chi connectivity index (χ1n) is 14.4. The van der Waals surface area contributed by atoms with Gasteiger partial charge < -0.3 is 34.1 Å². The first kappa shape index (κ1) is 30.7. The van der Waals surface area contributed by atoms with Gasteiger partial charge in [0, 0.05) is 32.0 Å². The number of hydrogen-bond acceptors (Lipinski definition) is 9. The summed E-state index contributed by atoms with van der Waals surface area (Å²) >= 11 is 0. The summed E-state index contributed by atoms with van der Waals surface area (Å²) in [5.74, 6) is 0.515. The summed E-state index contributed by atoms with van der Waals surface area (Å²) < 4.78 is 56.8. The van der Waals surface area contributed by atoms with Gasteiger partial charge in [0.15, 0.2) is 6.29 Å². The van der Waals surface area contributed by atoms with Gasteiger partial charge in [-0.15, -0.1) is 0 Å². The lowest BCUT2D eigenvalue weighted by molar-refractivity contribution is -0.189. The van der Waals surface area contributed by atoms with Crippen LogP contribution in [0.4, 0.5) is 4.79 Å². The topological polar surface area (TPSA) is 133 Å². The fourth-order valence-electron chi connectivity index (χ4n) is 5.81. The molecular weight excluding hydrogens is 564 g/mol. The van der Waals surface area contributed by atoms with E-state index in [0.29, 0.717) is 18.8 Å². The van der Waals surface area contributed by atoms with Gasteiger partial charge in [0.25, 0.3) is 0 Å². The third-order valence-electron chi connectivity index (χ3n) is 7.87. The Morgan fingerprint density at radius 3 is 2.52 bits per heavy atom. The van der Waals surface area contributed by atoms with Gasteiger partial charge in [0.05, 0.1) is 36.4 Å². The van der Waals surface area contributed by atoms with Crippen LogP contribution >= 0.6 is 0 Å². The normalized spacial score (nSPS) is 26.6. The molecule has 5 rings (SSSR count). The number of ether oxygens (including phenoxy) is 5. The van der Waals surface area contributed by atoms with Crippen molar-refractivity contribution in [2.24, 2.45) is 11.8 Å². The van der Waals surface area contributed by atoms with Gasteiger partial charge in [-0.1, -0.05) is 44.2 Å². The fourth-order valence-corrected chi connectivity index (χ4v) is 7.43. The molecule has 3 fully saturated rings. The summed E-state index contributed by atoms with van der Waals surface area (Å²) in [5.41, 5.74) is 0.861. The van der Waals surface area contributed by atoms with Crippen LogP contribution in [0.5, 0.6) is 5.75 Å². The lowest BCUT2D eigenvalue weighted by Crippen LogP contribution is -2.51. The van der Waals surface area contributed by atoms with Gasteiger partial charge in [0.2, 0.25) is 16.3 Å². The van der Waals surface area contributed by atoms with Crippen LogP contribution in [-0.4, -0.2) is 87.7 Å². The molecule has 42 heavy (non-hydrogen) atoms. The molecule has 1 amide bonds. The van der Waals surface area contributed by atoms with Gasteiger partial charge in [-0.2, -0.15) is 4.31 Å². The number of carbonyl (C=O) groups excluding carboxylic acids is 1.